The van der Waals surface area contributed by atoms with Gasteiger partial charge in [-0.25, -0.2) is 14.4 Å². The van der Waals surface area contributed by atoms with Crippen LogP contribution >= 0.6 is 0 Å². The summed E-state index contributed by atoms with van der Waals surface area (Å²) in [6.45, 7) is 4.15. The Hall–Kier alpha value is -2.50. The molecule has 0 unspecified atom stereocenters. The van der Waals surface area contributed by atoms with Crippen LogP contribution in [0.4, 0.5) is 15.9 Å². The van der Waals surface area contributed by atoms with Gasteiger partial charge in [-0.3, -0.25) is 4.68 Å². The summed E-state index contributed by atoms with van der Waals surface area (Å²) in [6, 6.07) is 4.47. The van der Waals surface area contributed by atoms with Gasteiger partial charge in [0.05, 0.1) is 16.9 Å². The Bertz CT molecular complexity index is 794. The Morgan fingerprint density at radius 2 is 2.05 bits per heavy atom. The molecule has 0 fully saturated rings. The van der Waals surface area contributed by atoms with Crippen LogP contribution in [0.3, 0.4) is 0 Å². The van der Waals surface area contributed by atoms with E-state index in [0.29, 0.717) is 16.7 Å². The van der Waals surface area contributed by atoms with Gasteiger partial charge in [0.25, 0.3) is 0 Å². The van der Waals surface area contributed by atoms with Crippen molar-refractivity contribution in [3.05, 3.63) is 42.2 Å². The fraction of sp³-hybridized carbons (Fsp3) is 0.267. The number of hydrogen-bond donors (Lipinski definition) is 1. The molecule has 0 aliphatic heterocycles. The summed E-state index contributed by atoms with van der Waals surface area (Å²) >= 11 is 0. The van der Waals surface area contributed by atoms with Crippen molar-refractivity contribution in [3.63, 3.8) is 0 Å². The minimum absolute atomic E-state index is 0.276. The van der Waals surface area contributed by atoms with Crippen molar-refractivity contribution in [1.29, 1.82) is 0 Å². The highest BCUT2D eigenvalue weighted by molar-refractivity contribution is 5.90. The Morgan fingerprint density at radius 3 is 2.81 bits per heavy atom. The number of nitrogens with one attached hydrogen (secondary N) is 1. The van der Waals surface area contributed by atoms with Crippen LogP contribution in [0.25, 0.3) is 10.9 Å². The lowest BCUT2D eigenvalue weighted by Gasteiger charge is -2.09. The number of aromatic nitrogens is 4. The highest BCUT2D eigenvalue weighted by Crippen LogP contribution is 2.28. The van der Waals surface area contributed by atoms with Crippen LogP contribution < -0.4 is 5.32 Å². The molecule has 0 amide bonds. The lowest BCUT2D eigenvalue weighted by Crippen LogP contribution is -1.99. The SMILES string of the molecule is CC(C)c1nn(C)cc1Nc1ncnc2ccc(F)cc12. The molecular weight excluding hydrogens is 269 g/mol. The number of rotatable bonds is 3. The van der Waals surface area contributed by atoms with Gasteiger partial charge in [0.2, 0.25) is 0 Å². The fourth-order valence-corrected chi connectivity index (χ4v) is 2.28. The molecule has 2 aromatic heterocycles. The van der Waals surface area contributed by atoms with Crippen molar-refractivity contribution in [2.45, 2.75) is 19.8 Å². The van der Waals surface area contributed by atoms with E-state index in [1.54, 1.807) is 10.7 Å². The molecule has 3 rings (SSSR count). The van der Waals surface area contributed by atoms with Crippen LogP contribution in [0.15, 0.2) is 30.7 Å². The first-order valence-electron chi connectivity index (χ1n) is 6.75. The Kier molecular flexibility index (Phi) is 3.29. The number of hydrogen-bond acceptors (Lipinski definition) is 4. The second-order valence-corrected chi connectivity index (χ2v) is 5.27. The van der Waals surface area contributed by atoms with Gasteiger partial charge in [0.15, 0.2) is 0 Å². The topological polar surface area (TPSA) is 55.6 Å². The maximum Gasteiger partial charge on any atom is 0.141 e. The molecule has 0 atom stereocenters. The third kappa shape index (κ3) is 2.56. The standard InChI is InChI=1S/C15H16FN5/c1-9(2)14-13(7-21(3)20-14)19-15-11-6-10(16)4-5-12(11)17-8-18-15/h4-9H,1-3H3,(H,17,18,19). The van der Waals surface area contributed by atoms with E-state index in [-0.39, 0.29) is 11.7 Å². The Balaban J connectivity index is 2.08. The van der Waals surface area contributed by atoms with Gasteiger partial charge >= 0.3 is 0 Å². The summed E-state index contributed by atoms with van der Waals surface area (Å²) in [5, 5.41) is 8.33. The van der Waals surface area contributed by atoms with Gasteiger partial charge in [0, 0.05) is 18.6 Å². The summed E-state index contributed by atoms with van der Waals surface area (Å²) in [7, 11) is 1.87. The van der Waals surface area contributed by atoms with Gasteiger partial charge in [-0.2, -0.15) is 5.10 Å². The molecule has 108 valence electrons. The Morgan fingerprint density at radius 1 is 1.24 bits per heavy atom. The zero-order chi connectivity index (χ0) is 15.0. The number of aryl methyl sites for hydroxylation is 1. The summed E-state index contributed by atoms with van der Waals surface area (Å²) < 4.78 is 15.2. The van der Waals surface area contributed by atoms with Crippen molar-refractivity contribution in [3.8, 4) is 0 Å². The minimum atomic E-state index is -0.310. The largest absolute Gasteiger partial charge is 0.337 e. The third-order valence-electron chi connectivity index (χ3n) is 3.25. The molecular formula is C15H16FN5. The number of nitrogens with zero attached hydrogens (tertiary/aromatic N) is 4. The molecule has 0 spiro atoms. The van der Waals surface area contributed by atoms with E-state index in [2.05, 4.69) is 34.2 Å². The minimum Gasteiger partial charge on any atom is -0.337 e. The van der Waals surface area contributed by atoms with Crippen LogP contribution in [0.5, 0.6) is 0 Å². The maximum absolute atomic E-state index is 13.5. The number of anilines is 2. The van der Waals surface area contributed by atoms with Gasteiger partial charge in [-0.1, -0.05) is 13.8 Å². The van der Waals surface area contributed by atoms with Crippen LogP contribution in [-0.4, -0.2) is 19.7 Å². The average molecular weight is 285 g/mol. The number of halogens is 1. The van der Waals surface area contributed by atoms with Crippen LogP contribution in [0.2, 0.25) is 0 Å². The predicted molar refractivity (Wildman–Crippen MR) is 80.1 cm³/mol. The number of fused-ring (bicyclic) bond motifs is 1. The van der Waals surface area contributed by atoms with E-state index in [0.717, 1.165) is 11.4 Å². The molecule has 0 aliphatic rings. The molecule has 5 nitrogen and oxygen atoms in total. The van der Waals surface area contributed by atoms with Crippen LogP contribution in [0, 0.1) is 5.82 Å². The van der Waals surface area contributed by atoms with Gasteiger partial charge < -0.3 is 5.32 Å². The highest BCUT2D eigenvalue weighted by atomic mass is 19.1. The van der Waals surface area contributed by atoms with Gasteiger partial charge in [-0.05, 0) is 24.1 Å². The first-order valence-corrected chi connectivity index (χ1v) is 6.75. The molecule has 3 aromatic rings. The van der Waals surface area contributed by atoms with E-state index >= 15 is 0 Å². The highest BCUT2D eigenvalue weighted by Gasteiger charge is 2.13. The van der Waals surface area contributed by atoms with Gasteiger partial charge in [0.1, 0.15) is 18.0 Å². The third-order valence-corrected chi connectivity index (χ3v) is 3.25. The van der Waals surface area contributed by atoms with Crippen molar-refractivity contribution >= 4 is 22.4 Å². The molecule has 0 radical (unpaired) electrons. The van der Waals surface area contributed by atoms with Crippen LogP contribution in [0.1, 0.15) is 25.5 Å². The normalized spacial score (nSPS) is 11.3. The van der Waals surface area contributed by atoms with Crippen molar-refractivity contribution in [2.24, 2.45) is 7.05 Å². The first-order chi connectivity index (χ1) is 10.0. The molecule has 0 bridgehead atoms. The summed E-state index contributed by atoms with van der Waals surface area (Å²) in [6.07, 6.45) is 3.36. The van der Waals surface area contributed by atoms with Crippen LogP contribution in [-0.2, 0) is 7.05 Å². The summed E-state index contributed by atoms with van der Waals surface area (Å²) in [5.74, 6) is 0.545. The van der Waals surface area contributed by atoms with E-state index in [9.17, 15) is 4.39 Å². The van der Waals surface area contributed by atoms with Gasteiger partial charge in [-0.15, -0.1) is 0 Å². The molecule has 21 heavy (non-hydrogen) atoms. The molecule has 2 heterocycles. The summed E-state index contributed by atoms with van der Waals surface area (Å²) in [4.78, 5) is 8.38. The zero-order valence-electron chi connectivity index (χ0n) is 12.1. The lowest BCUT2D eigenvalue weighted by molar-refractivity contribution is 0.629. The molecule has 1 aromatic carbocycles. The lowest BCUT2D eigenvalue weighted by atomic mass is 10.1. The second kappa shape index (κ2) is 5.12. The zero-order valence-corrected chi connectivity index (χ0v) is 12.1. The quantitative estimate of drug-likeness (QED) is 0.801. The van der Waals surface area contributed by atoms with Crippen molar-refractivity contribution in [2.75, 3.05) is 5.32 Å². The van der Waals surface area contributed by atoms with E-state index < -0.39 is 0 Å². The smallest absolute Gasteiger partial charge is 0.141 e. The first kappa shape index (κ1) is 13.5. The van der Waals surface area contributed by atoms with Crippen molar-refractivity contribution < 1.29 is 4.39 Å². The molecule has 1 N–H and O–H groups in total. The average Bonchev–Trinajstić information content (AvgIpc) is 2.80. The van der Waals surface area contributed by atoms with E-state index in [4.69, 9.17) is 0 Å². The van der Waals surface area contributed by atoms with E-state index in [1.165, 1.54) is 18.5 Å². The second-order valence-electron chi connectivity index (χ2n) is 5.27. The maximum atomic E-state index is 13.5. The number of benzene rings is 1. The predicted octanol–water partition coefficient (Wildman–Crippen LogP) is 3.37. The van der Waals surface area contributed by atoms with E-state index in [1.807, 2.05) is 13.2 Å². The molecule has 0 saturated heterocycles. The summed E-state index contributed by atoms with van der Waals surface area (Å²) in [5.41, 5.74) is 2.52. The monoisotopic (exact) mass is 285 g/mol. The van der Waals surface area contributed by atoms with Crippen molar-refractivity contribution in [1.82, 2.24) is 19.7 Å². The fourth-order valence-electron chi connectivity index (χ4n) is 2.28. The molecule has 0 aliphatic carbocycles. The molecule has 6 heteroatoms. The Labute approximate surface area is 121 Å². The molecule has 0 saturated carbocycles.